The Morgan fingerprint density at radius 1 is 1.14 bits per heavy atom. The van der Waals surface area contributed by atoms with E-state index >= 15 is 0 Å². The van der Waals surface area contributed by atoms with Crippen LogP contribution in [-0.2, 0) is 18.4 Å². The number of ether oxygens (including phenoxy) is 1. The summed E-state index contributed by atoms with van der Waals surface area (Å²) in [6, 6.07) is 7.43. The number of primary amides is 1. The molecule has 0 aliphatic heterocycles. The number of amides is 1. The van der Waals surface area contributed by atoms with E-state index < -0.39 is 23.7 Å². The minimum absolute atomic E-state index is 0.219. The molecule has 0 spiro atoms. The number of hydrogen-bond acceptors (Lipinski definition) is 5. The Hall–Kier alpha value is -3.82. The van der Waals surface area contributed by atoms with Crippen LogP contribution in [0.15, 0.2) is 33.9 Å². The molecule has 1 aromatic carbocycles. The molecule has 1 amide bonds. The Labute approximate surface area is 164 Å². The number of nitrogens with two attached hydrogens (primary N) is 1. The highest BCUT2D eigenvalue weighted by Crippen LogP contribution is 2.25. The normalized spacial score (nSPS) is 11.4. The average molecular weight is 396 g/mol. The minimum Gasteiger partial charge on any atom is -0.497 e. The topological polar surface area (TPSA) is 119 Å². The number of rotatable bonds is 4. The molecule has 0 aliphatic rings. The Balaban J connectivity index is 2.13. The van der Waals surface area contributed by atoms with Gasteiger partial charge in [-0.25, -0.2) is 9.36 Å². The third-order valence-corrected chi connectivity index (χ3v) is 5.16. The van der Waals surface area contributed by atoms with Gasteiger partial charge in [0.05, 0.1) is 7.11 Å². The Morgan fingerprint density at radius 2 is 1.79 bits per heavy atom. The SMILES string of the molecule is COc1ccc(-n2c(C)c(C)n3c4c(=O)n(CC(N)=O)c(=O)n(C)c4nc23)cc1. The number of methoxy groups -OCH3 is 1. The van der Waals surface area contributed by atoms with Gasteiger partial charge in [-0.15, -0.1) is 0 Å². The summed E-state index contributed by atoms with van der Waals surface area (Å²) in [5.74, 6) is 0.439. The van der Waals surface area contributed by atoms with Crippen LogP contribution >= 0.6 is 0 Å². The van der Waals surface area contributed by atoms with Gasteiger partial charge in [-0.1, -0.05) is 0 Å². The van der Waals surface area contributed by atoms with Crippen LogP contribution < -0.4 is 21.7 Å². The largest absolute Gasteiger partial charge is 0.497 e. The first-order valence-electron chi connectivity index (χ1n) is 8.89. The average Bonchev–Trinajstić information content (AvgIpc) is 3.19. The van der Waals surface area contributed by atoms with E-state index in [0.717, 1.165) is 27.4 Å². The first-order valence-corrected chi connectivity index (χ1v) is 8.89. The molecule has 2 N–H and O–H groups in total. The highest BCUT2D eigenvalue weighted by molar-refractivity contribution is 5.78. The van der Waals surface area contributed by atoms with Crippen molar-refractivity contribution in [3.05, 3.63) is 56.5 Å². The van der Waals surface area contributed by atoms with Gasteiger partial charge in [-0.2, -0.15) is 4.98 Å². The second-order valence-corrected chi connectivity index (χ2v) is 6.82. The highest BCUT2D eigenvalue weighted by atomic mass is 16.5. The second kappa shape index (κ2) is 6.36. The summed E-state index contributed by atoms with van der Waals surface area (Å²) in [6.45, 7) is 3.29. The molecule has 0 aliphatic carbocycles. The van der Waals surface area contributed by atoms with E-state index in [4.69, 9.17) is 10.5 Å². The molecule has 10 nitrogen and oxygen atoms in total. The van der Waals surface area contributed by atoms with Crippen molar-refractivity contribution in [1.82, 2.24) is 23.1 Å². The van der Waals surface area contributed by atoms with Crippen molar-refractivity contribution in [2.24, 2.45) is 12.8 Å². The molecule has 0 unspecified atom stereocenters. The van der Waals surface area contributed by atoms with Crippen LogP contribution in [0.25, 0.3) is 22.6 Å². The van der Waals surface area contributed by atoms with Crippen LogP contribution in [0.3, 0.4) is 0 Å². The molecule has 0 saturated heterocycles. The summed E-state index contributed by atoms with van der Waals surface area (Å²) >= 11 is 0. The van der Waals surface area contributed by atoms with E-state index in [0.29, 0.717) is 5.78 Å². The molecule has 3 heterocycles. The van der Waals surface area contributed by atoms with Gasteiger partial charge in [0.1, 0.15) is 12.3 Å². The van der Waals surface area contributed by atoms with Gasteiger partial charge in [0, 0.05) is 24.1 Å². The molecule has 4 rings (SSSR count). The highest BCUT2D eigenvalue weighted by Gasteiger charge is 2.23. The number of carbonyl (C=O) groups is 1. The zero-order valence-corrected chi connectivity index (χ0v) is 16.5. The number of fused-ring (bicyclic) bond motifs is 3. The van der Waals surface area contributed by atoms with Gasteiger partial charge in [0.2, 0.25) is 11.7 Å². The molecule has 150 valence electrons. The number of nitrogens with zero attached hydrogens (tertiary/aromatic N) is 5. The van der Waals surface area contributed by atoms with Gasteiger partial charge in [0.25, 0.3) is 5.56 Å². The van der Waals surface area contributed by atoms with Gasteiger partial charge in [0.15, 0.2) is 11.2 Å². The van der Waals surface area contributed by atoms with Crippen molar-refractivity contribution in [2.75, 3.05) is 7.11 Å². The zero-order valence-electron chi connectivity index (χ0n) is 16.5. The minimum atomic E-state index is -0.770. The predicted molar refractivity (Wildman–Crippen MR) is 107 cm³/mol. The van der Waals surface area contributed by atoms with E-state index in [2.05, 4.69) is 4.98 Å². The molecule has 4 aromatic rings. The van der Waals surface area contributed by atoms with Crippen molar-refractivity contribution in [3.63, 3.8) is 0 Å². The van der Waals surface area contributed by atoms with Gasteiger partial charge >= 0.3 is 5.69 Å². The third kappa shape index (κ3) is 2.56. The predicted octanol–water partition coefficient (Wildman–Crippen LogP) is 0.249. The number of hydrogen-bond donors (Lipinski definition) is 1. The molecule has 0 bridgehead atoms. The lowest BCUT2D eigenvalue weighted by molar-refractivity contribution is -0.118. The van der Waals surface area contributed by atoms with E-state index in [1.165, 1.54) is 11.6 Å². The van der Waals surface area contributed by atoms with Crippen molar-refractivity contribution in [1.29, 1.82) is 0 Å². The fourth-order valence-corrected chi connectivity index (χ4v) is 3.59. The van der Waals surface area contributed by atoms with E-state index in [-0.39, 0.29) is 11.2 Å². The first kappa shape index (κ1) is 18.5. The number of aryl methyl sites for hydroxylation is 2. The first-order chi connectivity index (χ1) is 13.8. The fraction of sp³-hybridized carbons (Fsp3) is 0.263. The monoisotopic (exact) mass is 396 g/mol. The van der Waals surface area contributed by atoms with E-state index in [1.807, 2.05) is 42.7 Å². The molecule has 0 saturated carbocycles. The molecule has 3 aromatic heterocycles. The summed E-state index contributed by atoms with van der Waals surface area (Å²) in [5, 5.41) is 0. The summed E-state index contributed by atoms with van der Waals surface area (Å²) in [6.07, 6.45) is 0. The molecule has 0 atom stereocenters. The molecule has 0 radical (unpaired) electrons. The molecule has 10 heteroatoms. The summed E-state index contributed by atoms with van der Waals surface area (Å²) < 4.78 is 10.9. The maximum Gasteiger partial charge on any atom is 0.332 e. The molecule has 29 heavy (non-hydrogen) atoms. The second-order valence-electron chi connectivity index (χ2n) is 6.82. The maximum absolute atomic E-state index is 13.1. The van der Waals surface area contributed by atoms with Crippen molar-refractivity contribution < 1.29 is 9.53 Å². The maximum atomic E-state index is 13.1. The standard InChI is InChI=1S/C19H20N6O4/c1-10-11(2)25-15-16(22(3)19(28)23(17(15)27)9-14(20)26)21-18(25)24(10)12-5-7-13(29-4)8-6-12/h5-8H,9H2,1-4H3,(H2,20,26). The molecule has 0 fully saturated rings. The summed E-state index contributed by atoms with van der Waals surface area (Å²) in [7, 11) is 3.10. The number of carbonyl (C=O) groups excluding carboxylic acids is 1. The van der Waals surface area contributed by atoms with Gasteiger partial charge in [-0.3, -0.25) is 23.1 Å². The number of imidazole rings is 2. The Bertz CT molecular complexity index is 1400. The van der Waals surface area contributed by atoms with Crippen LogP contribution in [0.1, 0.15) is 11.4 Å². The van der Waals surface area contributed by atoms with E-state index in [9.17, 15) is 14.4 Å². The van der Waals surface area contributed by atoms with Crippen LogP contribution in [0.5, 0.6) is 5.75 Å². The van der Waals surface area contributed by atoms with Crippen LogP contribution in [0.4, 0.5) is 0 Å². The third-order valence-electron chi connectivity index (χ3n) is 5.16. The zero-order chi connectivity index (χ0) is 21.0. The van der Waals surface area contributed by atoms with Crippen molar-refractivity contribution in [2.45, 2.75) is 20.4 Å². The summed E-state index contributed by atoms with van der Waals surface area (Å²) in [4.78, 5) is 41.6. The fourth-order valence-electron chi connectivity index (χ4n) is 3.59. The number of benzene rings is 1. The molecular formula is C19H20N6O4. The van der Waals surface area contributed by atoms with Crippen LogP contribution in [0.2, 0.25) is 0 Å². The number of aromatic nitrogens is 5. The lowest BCUT2D eigenvalue weighted by atomic mass is 10.3. The van der Waals surface area contributed by atoms with Crippen LogP contribution in [-0.4, -0.2) is 36.1 Å². The lowest BCUT2D eigenvalue weighted by Crippen LogP contribution is -2.42. The van der Waals surface area contributed by atoms with Crippen molar-refractivity contribution in [3.8, 4) is 11.4 Å². The van der Waals surface area contributed by atoms with Gasteiger partial charge < -0.3 is 10.5 Å². The smallest absolute Gasteiger partial charge is 0.332 e. The Morgan fingerprint density at radius 3 is 2.38 bits per heavy atom. The molecular weight excluding hydrogens is 376 g/mol. The lowest BCUT2D eigenvalue weighted by Gasteiger charge is -2.08. The quantitative estimate of drug-likeness (QED) is 0.530. The van der Waals surface area contributed by atoms with Crippen LogP contribution in [0, 0.1) is 13.8 Å². The Kier molecular flexibility index (Phi) is 4.07. The van der Waals surface area contributed by atoms with E-state index in [1.54, 1.807) is 11.5 Å². The summed E-state index contributed by atoms with van der Waals surface area (Å²) in [5.41, 5.74) is 6.93. The van der Waals surface area contributed by atoms with Crippen molar-refractivity contribution >= 4 is 22.8 Å². The van der Waals surface area contributed by atoms with Gasteiger partial charge in [-0.05, 0) is 38.1 Å².